The molecule has 8 heteroatoms. The number of carbonyl (C=O) groups excluding carboxylic acids is 2. The molecular formula is C21H28ClN3O4. The van der Waals surface area contributed by atoms with Crippen LogP contribution in [0.5, 0.6) is 11.5 Å². The first-order chi connectivity index (χ1) is 13.2. The van der Waals surface area contributed by atoms with Gasteiger partial charge in [0.15, 0.2) is 18.1 Å². The third-order valence-corrected chi connectivity index (χ3v) is 4.06. The van der Waals surface area contributed by atoms with Gasteiger partial charge in [-0.2, -0.15) is 0 Å². The molecule has 0 aliphatic rings. The molecule has 158 valence electrons. The lowest BCUT2D eigenvalue weighted by atomic mass is 9.87. The van der Waals surface area contributed by atoms with Crippen LogP contribution in [0.4, 0.5) is 11.4 Å². The second-order valence-corrected chi connectivity index (χ2v) is 7.40. The molecule has 0 aromatic heterocycles. The number of nitrogens with one attached hydrogen (secondary N) is 2. The van der Waals surface area contributed by atoms with Crippen LogP contribution < -0.4 is 25.8 Å². The molecule has 2 rings (SSSR count). The van der Waals surface area contributed by atoms with E-state index in [9.17, 15) is 9.59 Å². The van der Waals surface area contributed by atoms with Gasteiger partial charge in [-0.25, -0.2) is 0 Å². The predicted molar refractivity (Wildman–Crippen MR) is 117 cm³/mol. The van der Waals surface area contributed by atoms with Crippen molar-refractivity contribution in [1.29, 1.82) is 0 Å². The number of halogens is 1. The number of para-hydroxylation sites is 2. The monoisotopic (exact) mass is 421 g/mol. The van der Waals surface area contributed by atoms with Gasteiger partial charge in [0, 0.05) is 11.4 Å². The Labute approximate surface area is 177 Å². The second-order valence-electron chi connectivity index (χ2n) is 7.40. The van der Waals surface area contributed by atoms with Gasteiger partial charge in [-0.15, -0.1) is 12.4 Å². The van der Waals surface area contributed by atoms with Crippen LogP contribution in [0.2, 0.25) is 0 Å². The van der Waals surface area contributed by atoms with Gasteiger partial charge in [0.2, 0.25) is 5.91 Å². The Bertz CT molecular complexity index is 837. The summed E-state index contributed by atoms with van der Waals surface area (Å²) in [7, 11) is 1.54. The SMILES string of the molecule is COc1ccccc1OCC(=O)Nc1cccc(NC(=O)[C@@H](N)C(C)(C)C)c1.Cl. The van der Waals surface area contributed by atoms with Crippen molar-refractivity contribution in [3.63, 3.8) is 0 Å². The lowest BCUT2D eigenvalue weighted by molar-refractivity contribution is -0.119. The van der Waals surface area contributed by atoms with Gasteiger partial charge >= 0.3 is 0 Å². The van der Waals surface area contributed by atoms with Crippen LogP contribution in [0.3, 0.4) is 0 Å². The van der Waals surface area contributed by atoms with Gasteiger partial charge in [0.05, 0.1) is 13.2 Å². The fraction of sp³-hybridized carbons (Fsp3) is 0.333. The van der Waals surface area contributed by atoms with Crippen LogP contribution in [0, 0.1) is 5.41 Å². The molecule has 4 N–H and O–H groups in total. The maximum Gasteiger partial charge on any atom is 0.262 e. The Morgan fingerprint density at radius 1 is 1.00 bits per heavy atom. The second kappa shape index (κ2) is 10.7. The molecule has 0 fully saturated rings. The van der Waals surface area contributed by atoms with Crippen LogP contribution in [0.1, 0.15) is 20.8 Å². The van der Waals surface area contributed by atoms with E-state index in [-0.39, 0.29) is 36.2 Å². The number of benzene rings is 2. The summed E-state index contributed by atoms with van der Waals surface area (Å²) in [6, 6.07) is 13.3. The van der Waals surface area contributed by atoms with E-state index in [0.717, 1.165) is 0 Å². The zero-order valence-corrected chi connectivity index (χ0v) is 17.8. The highest BCUT2D eigenvalue weighted by atomic mass is 35.5. The minimum Gasteiger partial charge on any atom is -0.493 e. The summed E-state index contributed by atoms with van der Waals surface area (Å²) < 4.78 is 10.7. The van der Waals surface area contributed by atoms with Gasteiger partial charge in [-0.05, 0) is 35.7 Å². The fourth-order valence-corrected chi connectivity index (χ4v) is 2.37. The maximum absolute atomic E-state index is 12.3. The molecule has 0 spiro atoms. The summed E-state index contributed by atoms with van der Waals surface area (Å²) in [6.07, 6.45) is 0. The van der Waals surface area contributed by atoms with Crippen LogP contribution in [-0.4, -0.2) is 31.6 Å². The topological polar surface area (TPSA) is 103 Å². The summed E-state index contributed by atoms with van der Waals surface area (Å²) in [6.45, 7) is 5.52. The molecule has 2 amide bonds. The number of ether oxygens (including phenoxy) is 2. The summed E-state index contributed by atoms with van der Waals surface area (Å²) >= 11 is 0. The predicted octanol–water partition coefficient (Wildman–Crippen LogP) is 3.45. The molecule has 0 aliphatic heterocycles. The summed E-state index contributed by atoms with van der Waals surface area (Å²) in [5, 5.41) is 5.51. The first kappa shape index (κ1) is 24.3. The van der Waals surface area contributed by atoms with Crippen molar-refractivity contribution >= 4 is 35.6 Å². The van der Waals surface area contributed by atoms with Gasteiger partial charge in [0.1, 0.15) is 0 Å². The van der Waals surface area contributed by atoms with E-state index in [0.29, 0.717) is 22.9 Å². The lowest BCUT2D eigenvalue weighted by Crippen LogP contribution is -2.45. The average Bonchev–Trinajstić information content (AvgIpc) is 2.65. The first-order valence-electron chi connectivity index (χ1n) is 8.93. The van der Waals surface area contributed by atoms with Crippen LogP contribution in [0.25, 0.3) is 0 Å². The number of anilines is 2. The molecule has 29 heavy (non-hydrogen) atoms. The number of hydrogen-bond acceptors (Lipinski definition) is 5. The van der Waals surface area contributed by atoms with E-state index in [1.165, 1.54) is 7.11 Å². The zero-order chi connectivity index (χ0) is 20.7. The molecule has 1 atom stereocenters. The standard InChI is InChI=1S/C21H27N3O4.ClH/c1-21(2,3)19(22)20(26)24-15-9-7-8-14(12-15)23-18(25)13-28-17-11-6-5-10-16(17)27-4;/h5-12,19H,13,22H2,1-4H3,(H,23,25)(H,24,26);1H/t19-;/m1./s1. The van der Waals surface area contributed by atoms with E-state index >= 15 is 0 Å². The van der Waals surface area contributed by atoms with Crippen molar-refractivity contribution in [3.8, 4) is 11.5 Å². The highest BCUT2D eigenvalue weighted by Crippen LogP contribution is 2.25. The van der Waals surface area contributed by atoms with Crippen molar-refractivity contribution in [3.05, 3.63) is 48.5 Å². The highest BCUT2D eigenvalue weighted by Gasteiger charge is 2.27. The Kier molecular flexibility index (Phi) is 8.94. The third kappa shape index (κ3) is 7.29. The number of amides is 2. The van der Waals surface area contributed by atoms with E-state index < -0.39 is 6.04 Å². The Morgan fingerprint density at radius 3 is 2.17 bits per heavy atom. The average molecular weight is 422 g/mol. The smallest absolute Gasteiger partial charge is 0.262 e. The van der Waals surface area contributed by atoms with Crippen molar-refractivity contribution < 1.29 is 19.1 Å². The van der Waals surface area contributed by atoms with Gasteiger partial charge in [-0.3, -0.25) is 9.59 Å². The Morgan fingerprint density at radius 2 is 1.59 bits per heavy atom. The molecule has 7 nitrogen and oxygen atoms in total. The van der Waals surface area contributed by atoms with Crippen molar-refractivity contribution in [2.75, 3.05) is 24.4 Å². The summed E-state index contributed by atoms with van der Waals surface area (Å²) in [5.74, 6) is 0.420. The normalized spacial score (nSPS) is 11.6. The first-order valence-corrected chi connectivity index (χ1v) is 8.93. The van der Waals surface area contributed by atoms with Gasteiger partial charge in [-0.1, -0.05) is 39.0 Å². The quantitative estimate of drug-likeness (QED) is 0.635. The van der Waals surface area contributed by atoms with E-state index in [1.54, 1.807) is 42.5 Å². The molecule has 0 unspecified atom stereocenters. The molecule has 0 bridgehead atoms. The largest absolute Gasteiger partial charge is 0.493 e. The van der Waals surface area contributed by atoms with Crippen LogP contribution in [-0.2, 0) is 9.59 Å². The minimum atomic E-state index is -0.653. The van der Waals surface area contributed by atoms with Crippen LogP contribution >= 0.6 is 12.4 Å². The molecule has 0 saturated heterocycles. The van der Waals surface area contributed by atoms with E-state index in [4.69, 9.17) is 15.2 Å². The number of hydrogen-bond donors (Lipinski definition) is 3. The zero-order valence-electron chi connectivity index (χ0n) is 17.0. The molecule has 2 aromatic rings. The Balaban J connectivity index is 0.00000420. The Hall–Kier alpha value is -2.77. The highest BCUT2D eigenvalue weighted by molar-refractivity contribution is 5.97. The summed E-state index contributed by atoms with van der Waals surface area (Å²) in [4.78, 5) is 24.4. The molecule has 0 heterocycles. The number of nitrogens with two attached hydrogens (primary N) is 1. The summed E-state index contributed by atoms with van der Waals surface area (Å²) in [5.41, 5.74) is 6.70. The van der Waals surface area contributed by atoms with Gasteiger partial charge < -0.3 is 25.8 Å². The minimum absolute atomic E-state index is 0. The van der Waals surface area contributed by atoms with E-state index in [2.05, 4.69) is 10.6 Å². The van der Waals surface area contributed by atoms with Crippen LogP contribution in [0.15, 0.2) is 48.5 Å². The number of carbonyl (C=O) groups is 2. The number of rotatable bonds is 7. The molecular weight excluding hydrogens is 394 g/mol. The van der Waals surface area contributed by atoms with Crippen molar-refractivity contribution in [1.82, 2.24) is 0 Å². The van der Waals surface area contributed by atoms with Crippen molar-refractivity contribution in [2.24, 2.45) is 11.1 Å². The molecule has 2 aromatic carbocycles. The van der Waals surface area contributed by atoms with E-state index in [1.807, 2.05) is 26.8 Å². The third-order valence-electron chi connectivity index (χ3n) is 4.06. The maximum atomic E-state index is 12.3. The fourth-order valence-electron chi connectivity index (χ4n) is 2.37. The lowest BCUT2D eigenvalue weighted by Gasteiger charge is -2.25. The molecule has 0 saturated carbocycles. The van der Waals surface area contributed by atoms with Gasteiger partial charge in [0.25, 0.3) is 5.91 Å². The number of methoxy groups -OCH3 is 1. The van der Waals surface area contributed by atoms with Crippen molar-refractivity contribution in [2.45, 2.75) is 26.8 Å². The molecule has 0 radical (unpaired) electrons. The molecule has 0 aliphatic carbocycles.